The van der Waals surface area contributed by atoms with Gasteiger partial charge in [0.25, 0.3) is 0 Å². The zero-order chi connectivity index (χ0) is 8.55. The van der Waals surface area contributed by atoms with Crippen LogP contribution in [0.5, 0.6) is 0 Å². The van der Waals surface area contributed by atoms with Crippen LogP contribution in [0.25, 0.3) is 0 Å². The molecule has 1 aromatic carbocycles. The predicted octanol–water partition coefficient (Wildman–Crippen LogP) is 2.53. The van der Waals surface area contributed by atoms with Gasteiger partial charge < -0.3 is 0 Å². The van der Waals surface area contributed by atoms with E-state index in [2.05, 4.69) is 48.6 Å². The molecule has 3 heteroatoms. The van der Waals surface area contributed by atoms with Gasteiger partial charge in [0.15, 0.2) is 0 Å². The van der Waals surface area contributed by atoms with Crippen molar-refractivity contribution in [3.63, 3.8) is 0 Å². The van der Waals surface area contributed by atoms with E-state index in [0.29, 0.717) is 0 Å². The van der Waals surface area contributed by atoms with Gasteiger partial charge in [0, 0.05) is 14.2 Å². The summed E-state index contributed by atoms with van der Waals surface area (Å²) in [5, 5.41) is 0. The van der Waals surface area contributed by atoms with E-state index in [1.165, 1.54) is 20.5 Å². The molecule has 0 aromatic heterocycles. The minimum atomic E-state index is 0.805. The zero-order valence-electron chi connectivity index (χ0n) is 7.01. The first-order valence-corrected chi connectivity index (χ1v) is 6.30. The maximum atomic E-state index is 2.39. The number of rotatable bonds is 1. The van der Waals surface area contributed by atoms with Crippen LogP contribution in [0.1, 0.15) is 11.5 Å². The standard InChI is InChI=1S/C9H10BIS/c10-4-6-5-12-9-2-1-7(11)3-8(6)9/h1-3,6H,4-5,10H2. The minimum Gasteiger partial charge on any atom is -0.125 e. The fourth-order valence-corrected chi connectivity index (χ4v) is 3.46. The van der Waals surface area contributed by atoms with Gasteiger partial charge in [-0.1, -0.05) is 6.32 Å². The van der Waals surface area contributed by atoms with Crippen molar-refractivity contribution in [3.8, 4) is 0 Å². The molecule has 0 saturated heterocycles. The third-order valence-corrected chi connectivity index (χ3v) is 4.27. The average Bonchev–Trinajstić information content (AvgIpc) is 2.46. The Morgan fingerprint density at radius 1 is 1.58 bits per heavy atom. The van der Waals surface area contributed by atoms with Crippen LogP contribution in [-0.4, -0.2) is 13.6 Å². The van der Waals surface area contributed by atoms with E-state index < -0.39 is 0 Å². The lowest BCUT2D eigenvalue weighted by molar-refractivity contribution is 0.878. The number of benzene rings is 1. The number of fused-ring (bicyclic) bond motifs is 1. The summed E-state index contributed by atoms with van der Waals surface area (Å²) in [4.78, 5) is 1.50. The fraction of sp³-hybridized carbons (Fsp3) is 0.333. The van der Waals surface area contributed by atoms with E-state index in [-0.39, 0.29) is 0 Å². The van der Waals surface area contributed by atoms with Gasteiger partial charge in [-0.05, 0) is 52.3 Å². The lowest BCUT2D eigenvalue weighted by Crippen LogP contribution is -1.95. The summed E-state index contributed by atoms with van der Waals surface area (Å²) in [5.41, 5.74) is 1.58. The fourth-order valence-electron chi connectivity index (χ4n) is 1.59. The highest BCUT2D eigenvalue weighted by Crippen LogP contribution is 2.41. The SMILES string of the molecule is BCC1CSc2ccc(I)cc21. The molecule has 0 saturated carbocycles. The third kappa shape index (κ3) is 1.53. The predicted molar refractivity (Wildman–Crippen MR) is 66.0 cm³/mol. The van der Waals surface area contributed by atoms with Crippen molar-refractivity contribution in [2.75, 3.05) is 5.75 Å². The van der Waals surface area contributed by atoms with Crippen LogP contribution in [0.3, 0.4) is 0 Å². The Labute approximate surface area is 92.1 Å². The van der Waals surface area contributed by atoms with E-state index in [1.807, 2.05) is 11.8 Å². The van der Waals surface area contributed by atoms with Crippen molar-refractivity contribution in [2.24, 2.45) is 0 Å². The van der Waals surface area contributed by atoms with Crippen LogP contribution in [0.4, 0.5) is 0 Å². The normalized spacial score (nSPS) is 20.9. The molecule has 0 nitrogen and oxygen atoms in total. The molecule has 2 rings (SSSR count). The van der Waals surface area contributed by atoms with Crippen molar-refractivity contribution >= 4 is 42.2 Å². The van der Waals surface area contributed by atoms with E-state index in [1.54, 1.807) is 5.56 Å². The van der Waals surface area contributed by atoms with Crippen LogP contribution in [-0.2, 0) is 0 Å². The van der Waals surface area contributed by atoms with Gasteiger partial charge in [-0.3, -0.25) is 0 Å². The summed E-state index contributed by atoms with van der Waals surface area (Å²) in [6.45, 7) is 0. The molecule has 0 spiro atoms. The summed E-state index contributed by atoms with van der Waals surface area (Å²) in [6.07, 6.45) is 1.28. The average molecular weight is 288 g/mol. The largest absolute Gasteiger partial charge is 0.125 e. The van der Waals surface area contributed by atoms with Crippen molar-refractivity contribution < 1.29 is 0 Å². The second-order valence-corrected chi connectivity index (χ2v) is 5.41. The van der Waals surface area contributed by atoms with Crippen LogP contribution in [0.15, 0.2) is 23.1 Å². The molecule has 0 radical (unpaired) electrons. The zero-order valence-corrected chi connectivity index (χ0v) is 9.98. The van der Waals surface area contributed by atoms with Crippen LogP contribution >= 0.6 is 34.4 Å². The number of hydrogen-bond acceptors (Lipinski definition) is 1. The lowest BCUT2D eigenvalue weighted by atomic mass is 9.87. The Morgan fingerprint density at radius 2 is 2.42 bits per heavy atom. The Hall–Kier alpha value is 0.365. The minimum absolute atomic E-state index is 0.805. The molecule has 12 heavy (non-hydrogen) atoms. The van der Waals surface area contributed by atoms with E-state index >= 15 is 0 Å². The first-order chi connectivity index (χ1) is 5.81. The molecule has 1 aliphatic heterocycles. The van der Waals surface area contributed by atoms with Crippen molar-refractivity contribution in [3.05, 3.63) is 27.3 Å². The molecule has 1 aromatic rings. The molecular formula is C9H10BIS. The molecule has 0 amide bonds. The second kappa shape index (κ2) is 3.62. The summed E-state index contributed by atoms with van der Waals surface area (Å²) in [7, 11) is 2.28. The van der Waals surface area contributed by atoms with Gasteiger partial charge in [0.1, 0.15) is 7.85 Å². The van der Waals surface area contributed by atoms with Gasteiger partial charge in [-0.2, -0.15) is 0 Å². The first kappa shape index (κ1) is 8.94. The molecule has 0 bridgehead atoms. The molecule has 1 aliphatic rings. The highest BCUT2D eigenvalue weighted by molar-refractivity contribution is 14.1. The summed E-state index contributed by atoms with van der Waals surface area (Å²) in [5.74, 6) is 2.09. The van der Waals surface area contributed by atoms with E-state index in [4.69, 9.17) is 0 Å². The summed E-state index contributed by atoms with van der Waals surface area (Å²) < 4.78 is 1.37. The quantitative estimate of drug-likeness (QED) is 0.565. The molecule has 62 valence electrons. The van der Waals surface area contributed by atoms with Gasteiger partial charge in [0.05, 0.1) is 0 Å². The molecule has 0 fully saturated rings. The Bertz CT molecular complexity index is 301. The smallest absolute Gasteiger partial charge is 0.102 e. The molecule has 1 heterocycles. The van der Waals surface area contributed by atoms with E-state index in [9.17, 15) is 0 Å². The monoisotopic (exact) mass is 288 g/mol. The van der Waals surface area contributed by atoms with Crippen LogP contribution < -0.4 is 0 Å². The van der Waals surface area contributed by atoms with Crippen molar-refractivity contribution in [1.29, 1.82) is 0 Å². The number of thioether (sulfide) groups is 1. The lowest BCUT2D eigenvalue weighted by Gasteiger charge is -2.06. The highest BCUT2D eigenvalue weighted by Gasteiger charge is 2.20. The van der Waals surface area contributed by atoms with Crippen LogP contribution in [0.2, 0.25) is 6.32 Å². The number of halogens is 1. The molecule has 0 aliphatic carbocycles. The van der Waals surface area contributed by atoms with Crippen molar-refractivity contribution in [1.82, 2.24) is 0 Å². The molecule has 0 N–H and O–H groups in total. The Kier molecular flexibility index (Phi) is 2.70. The molecular weight excluding hydrogens is 278 g/mol. The maximum absolute atomic E-state index is 2.39. The Balaban J connectivity index is 2.42. The first-order valence-electron chi connectivity index (χ1n) is 4.23. The maximum Gasteiger partial charge on any atom is 0.102 e. The van der Waals surface area contributed by atoms with Gasteiger partial charge in [-0.25, -0.2) is 0 Å². The third-order valence-electron chi connectivity index (χ3n) is 2.34. The van der Waals surface area contributed by atoms with Crippen molar-refractivity contribution in [2.45, 2.75) is 17.1 Å². The molecule has 1 unspecified atom stereocenters. The summed E-state index contributed by atoms with van der Waals surface area (Å²) in [6, 6.07) is 6.80. The summed E-state index contributed by atoms with van der Waals surface area (Å²) >= 11 is 4.40. The second-order valence-electron chi connectivity index (χ2n) is 3.10. The van der Waals surface area contributed by atoms with Gasteiger partial charge >= 0.3 is 0 Å². The molecule has 1 atom stereocenters. The topological polar surface area (TPSA) is 0 Å². The van der Waals surface area contributed by atoms with Gasteiger partial charge in [-0.15, -0.1) is 11.8 Å². The Morgan fingerprint density at radius 3 is 3.17 bits per heavy atom. The van der Waals surface area contributed by atoms with Gasteiger partial charge in [0.2, 0.25) is 0 Å². The van der Waals surface area contributed by atoms with Crippen LogP contribution in [0, 0.1) is 3.57 Å². The number of hydrogen-bond donors (Lipinski definition) is 0. The highest BCUT2D eigenvalue weighted by atomic mass is 127. The van der Waals surface area contributed by atoms with E-state index in [0.717, 1.165) is 5.92 Å².